The molecule has 0 spiro atoms. The van der Waals surface area contributed by atoms with Gasteiger partial charge in [-0.3, -0.25) is 13.9 Å². The van der Waals surface area contributed by atoms with Crippen LogP contribution in [0.15, 0.2) is 113 Å². The van der Waals surface area contributed by atoms with Crippen molar-refractivity contribution in [3.05, 3.63) is 119 Å². The number of ether oxygens (including phenoxy) is 1. The summed E-state index contributed by atoms with van der Waals surface area (Å²) in [4.78, 5) is 30.9. The predicted molar refractivity (Wildman–Crippen MR) is 194 cm³/mol. The summed E-state index contributed by atoms with van der Waals surface area (Å²) in [6, 6.07) is 28.7. The highest BCUT2D eigenvalue weighted by molar-refractivity contribution is 7.98. The molecule has 1 unspecified atom stereocenters. The maximum Gasteiger partial charge on any atom is 0.264 e. The summed E-state index contributed by atoms with van der Waals surface area (Å²) in [5.74, 6) is -0.102. The van der Waals surface area contributed by atoms with Crippen molar-refractivity contribution in [2.75, 3.05) is 30.3 Å². The topological polar surface area (TPSA) is 96.0 Å². The number of hydrogen-bond acceptors (Lipinski definition) is 6. The first-order valence-electron chi connectivity index (χ1n) is 15.8. The third-order valence-electron chi connectivity index (χ3n) is 7.58. The summed E-state index contributed by atoms with van der Waals surface area (Å²) in [6.45, 7) is 6.23. The Kier molecular flexibility index (Phi) is 13.4. The maximum atomic E-state index is 14.6. The predicted octanol–water partition coefficient (Wildman–Crippen LogP) is 7.07. The second-order valence-electron chi connectivity index (χ2n) is 11.6. The minimum atomic E-state index is -4.22. The van der Waals surface area contributed by atoms with Gasteiger partial charge in [0.25, 0.3) is 10.0 Å². The number of benzene rings is 4. The molecule has 0 saturated carbocycles. The zero-order chi connectivity index (χ0) is 34.7. The number of anilines is 1. The second kappa shape index (κ2) is 17.4. The molecule has 1 N–H and O–H groups in total. The molecule has 0 bridgehead atoms. The molecular formula is C37H42ClN3O5S2. The van der Waals surface area contributed by atoms with Gasteiger partial charge in [0.15, 0.2) is 0 Å². The summed E-state index contributed by atoms with van der Waals surface area (Å²) in [6.07, 6.45) is 2.14. The summed E-state index contributed by atoms with van der Waals surface area (Å²) >= 11 is 7.67. The Hall–Kier alpha value is -3.99. The van der Waals surface area contributed by atoms with Crippen molar-refractivity contribution in [2.24, 2.45) is 5.92 Å². The molecule has 0 radical (unpaired) electrons. The van der Waals surface area contributed by atoms with E-state index in [9.17, 15) is 18.0 Å². The third-order valence-corrected chi connectivity index (χ3v) is 10.4. The zero-order valence-electron chi connectivity index (χ0n) is 27.6. The summed E-state index contributed by atoms with van der Waals surface area (Å²) in [5.41, 5.74) is 1.89. The van der Waals surface area contributed by atoms with Crippen LogP contribution in [-0.2, 0) is 32.6 Å². The maximum absolute atomic E-state index is 14.6. The Morgan fingerprint density at radius 3 is 2.10 bits per heavy atom. The van der Waals surface area contributed by atoms with Gasteiger partial charge in [-0.05, 0) is 90.9 Å². The molecule has 254 valence electrons. The molecule has 4 aromatic carbocycles. The van der Waals surface area contributed by atoms with E-state index in [2.05, 4.69) is 5.32 Å². The van der Waals surface area contributed by atoms with Crippen LogP contribution in [-0.4, -0.2) is 57.1 Å². The van der Waals surface area contributed by atoms with Crippen LogP contribution in [0.5, 0.6) is 5.75 Å². The minimum Gasteiger partial charge on any atom is -0.494 e. The van der Waals surface area contributed by atoms with Crippen LogP contribution in [0.4, 0.5) is 5.69 Å². The highest BCUT2D eigenvalue weighted by atomic mass is 35.5. The lowest BCUT2D eigenvalue weighted by Crippen LogP contribution is -2.53. The molecule has 0 fully saturated rings. The quantitative estimate of drug-likeness (QED) is 0.125. The monoisotopic (exact) mass is 707 g/mol. The molecule has 48 heavy (non-hydrogen) atoms. The SMILES string of the molecule is CCOc1ccc(N(CC(=O)N(Cc2ccc(Cl)cc2)C(Cc2ccccc2)C(=O)NCC(C)C)S(=O)(=O)c2ccc(SC)cc2)cc1. The molecule has 11 heteroatoms. The van der Waals surface area contributed by atoms with E-state index in [1.165, 1.54) is 28.8 Å². The van der Waals surface area contributed by atoms with Crippen LogP contribution in [0.1, 0.15) is 31.9 Å². The van der Waals surface area contributed by atoms with Gasteiger partial charge in [-0.2, -0.15) is 0 Å². The van der Waals surface area contributed by atoms with Crippen LogP contribution in [0.25, 0.3) is 0 Å². The molecule has 1 atom stereocenters. The highest BCUT2D eigenvalue weighted by Gasteiger charge is 2.34. The lowest BCUT2D eigenvalue weighted by Gasteiger charge is -2.34. The van der Waals surface area contributed by atoms with E-state index in [1.807, 2.05) is 57.4 Å². The van der Waals surface area contributed by atoms with Gasteiger partial charge >= 0.3 is 0 Å². The van der Waals surface area contributed by atoms with Gasteiger partial charge in [0.2, 0.25) is 11.8 Å². The number of amides is 2. The fourth-order valence-corrected chi connectivity index (χ4v) is 6.99. The Balaban J connectivity index is 1.79. The van der Waals surface area contributed by atoms with Crippen molar-refractivity contribution in [1.82, 2.24) is 10.2 Å². The molecule has 4 aromatic rings. The van der Waals surface area contributed by atoms with Gasteiger partial charge in [-0.1, -0.05) is 67.9 Å². The molecule has 0 heterocycles. The second-order valence-corrected chi connectivity index (χ2v) is 14.8. The van der Waals surface area contributed by atoms with Gasteiger partial charge in [-0.15, -0.1) is 11.8 Å². The van der Waals surface area contributed by atoms with E-state index in [1.54, 1.807) is 60.7 Å². The van der Waals surface area contributed by atoms with Crippen LogP contribution in [0.2, 0.25) is 5.02 Å². The number of hydrogen-bond donors (Lipinski definition) is 1. The van der Waals surface area contributed by atoms with Gasteiger partial charge in [0, 0.05) is 29.4 Å². The number of nitrogens with one attached hydrogen (secondary N) is 1. The molecule has 4 rings (SSSR count). The molecule has 0 aromatic heterocycles. The Morgan fingerprint density at radius 2 is 1.52 bits per heavy atom. The lowest BCUT2D eigenvalue weighted by molar-refractivity contribution is -0.140. The van der Waals surface area contributed by atoms with Gasteiger partial charge in [0.05, 0.1) is 17.2 Å². The van der Waals surface area contributed by atoms with Crippen LogP contribution in [0, 0.1) is 5.92 Å². The van der Waals surface area contributed by atoms with Crippen molar-refractivity contribution in [3.63, 3.8) is 0 Å². The normalized spacial score (nSPS) is 12.0. The molecule has 0 aliphatic rings. The van der Waals surface area contributed by atoms with E-state index in [0.717, 1.165) is 20.3 Å². The molecule has 0 saturated heterocycles. The van der Waals surface area contributed by atoms with Crippen LogP contribution < -0.4 is 14.4 Å². The minimum absolute atomic E-state index is 0.0433. The number of sulfonamides is 1. The lowest BCUT2D eigenvalue weighted by atomic mass is 10.0. The molecule has 0 aliphatic carbocycles. The molecule has 2 amide bonds. The third kappa shape index (κ3) is 10.0. The van der Waals surface area contributed by atoms with Crippen molar-refractivity contribution in [2.45, 2.75) is 49.6 Å². The molecule has 0 aliphatic heterocycles. The van der Waals surface area contributed by atoms with Crippen molar-refractivity contribution < 1.29 is 22.7 Å². The molecule has 8 nitrogen and oxygen atoms in total. The van der Waals surface area contributed by atoms with Crippen molar-refractivity contribution in [3.8, 4) is 5.75 Å². The number of carbonyl (C=O) groups excluding carboxylic acids is 2. The zero-order valence-corrected chi connectivity index (χ0v) is 30.0. The van der Waals surface area contributed by atoms with Crippen LogP contribution in [0.3, 0.4) is 0 Å². The average Bonchev–Trinajstić information content (AvgIpc) is 3.09. The number of thioether (sulfide) groups is 1. The number of halogens is 1. The van der Waals surface area contributed by atoms with Gasteiger partial charge in [-0.25, -0.2) is 8.42 Å². The smallest absolute Gasteiger partial charge is 0.264 e. The Bertz CT molecular complexity index is 1730. The summed E-state index contributed by atoms with van der Waals surface area (Å²) in [7, 11) is -4.22. The number of nitrogens with zero attached hydrogens (tertiary/aromatic N) is 2. The van der Waals surface area contributed by atoms with Crippen molar-refractivity contribution >= 4 is 50.9 Å². The number of rotatable bonds is 16. The first kappa shape index (κ1) is 36.8. The van der Waals surface area contributed by atoms with Crippen molar-refractivity contribution in [1.29, 1.82) is 0 Å². The Morgan fingerprint density at radius 1 is 0.875 bits per heavy atom. The van der Waals surface area contributed by atoms with E-state index in [4.69, 9.17) is 16.3 Å². The van der Waals surface area contributed by atoms with Crippen LogP contribution >= 0.6 is 23.4 Å². The van der Waals surface area contributed by atoms with E-state index >= 15 is 0 Å². The number of carbonyl (C=O) groups is 2. The first-order valence-corrected chi connectivity index (χ1v) is 18.8. The average molecular weight is 708 g/mol. The summed E-state index contributed by atoms with van der Waals surface area (Å²) < 4.78 is 35.3. The van der Waals surface area contributed by atoms with E-state index < -0.39 is 28.5 Å². The summed E-state index contributed by atoms with van der Waals surface area (Å²) in [5, 5.41) is 3.54. The largest absolute Gasteiger partial charge is 0.494 e. The first-order chi connectivity index (χ1) is 23.0. The molecular weight excluding hydrogens is 666 g/mol. The van der Waals surface area contributed by atoms with Gasteiger partial charge < -0.3 is 15.0 Å². The van der Waals surface area contributed by atoms with E-state index in [0.29, 0.717) is 23.9 Å². The Labute approximate surface area is 293 Å². The van der Waals surface area contributed by atoms with E-state index in [-0.39, 0.29) is 35.4 Å². The highest BCUT2D eigenvalue weighted by Crippen LogP contribution is 2.28. The standard InChI is InChI=1S/C37H42ClN3O5S2/c1-5-46-32-17-15-31(16-18-32)41(48(44,45)34-21-19-33(47-4)20-22-34)26-36(42)40(25-29-11-13-30(38)14-12-29)35(37(43)39-24-27(2)3)23-28-9-7-6-8-10-28/h6-22,27,35H,5,23-26H2,1-4H3,(H,39,43). The fraction of sp³-hybridized carbons (Fsp3) is 0.297. The van der Waals surface area contributed by atoms with Gasteiger partial charge in [0.1, 0.15) is 18.3 Å². The fourth-order valence-electron chi connectivity index (χ4n) is 5.04.